The summed E-state index contributed by atoms with van der Waals surface area (Å²) >= 11 is 0. The normalized spacial score (nSPS) is 18.5. The molecule has 1 aliphatic heterocycles. The molecule has 1 saturated heterocycles. The number of hydrogen-bond donors (Lipinski definition) is 0. The van der Waals surface area contributed by atoms with Crippen LogP contribution in [0.1, 0.15) is 17.9 Å². The van der Waals surface area contributed by atoms with Gasteiger partial charge < -0.3 is 9.47 Å². The lowest BCUT2D eigenvalue weighted by Gasteiger charge is -2.18. The summed E-state index contributed by atoms with van der Waals surface area (Å²) in [5, 5.41) is 1.42. The molecule has 1 aromatic heterocycles. The summed E-state index contributed by atoms with van der Waals surface area (Å²) in [6.07, 6.45) is 3.56. The number of nitrogens with zero attached hydrogens (tertiary/aromatic N) is 2. The minimum absolute atomic E-state index is 0.635. The third kappa shape index (κ3) is 2.11. The minimum Gasteiger partial charge on any atom is -0.371 e. The van der Waals surface area contributed by atoms with Gasteiger partial charge in [-0.2, -0.15) is 0 Å². The van der Waals surface area contributed by atoms with E-state index in [1.807, 2.05) is 0 Å². The molecule has 0 spiro atoms. The van der Waals surface area contributed by atoms with Crippen molar-refractivity contribution in [2.24, 2.45) is 7.05 Å². The molecule has 0 N–H and O–H groups in total. The number of aryl methyl sites for hydroxylation is 1. The van der Waals surface area contributed by atoms with Gasteiger partial charge in [0, 0.05) is 48.8 Å². The van der Waals surface area contributed by atoms with Crippen LogP contribution in [0.25, 0.3) is 10.9 Å². The summed E-state index contributed by atoms with van der Waals surface area (Å²) in [5.74, 6) is 0.635. The van der Waals surface area contributed by atoms with Crippen LogP contribution in [0.2, 0.25) is 0 Å². The third-order valence-electron chi connectivity index (χ3n) is 4.68. The highest BCUT2D eigenvalue weighted by Gasteiger charge is 2.26. The highest BCUT2D eigenvalue weighted by molar-refractivity contribution is 5.84. The molecule has 1 atom stereocenters. The highest BCUT2D eigenvalue weighted by Crippen LogP contribution is 2.35. The van der Waals surface area contributed by atoms with E-state index >= 15 is 0 Å². The number of benzene rings is 2. The number of anilines is 1. The number of para-hydroxylation sites is 2. The molecule has 1 unspecified atom stereocenters. The number of rotatable bonds is 2. The molecule has 2 heterocycles. The van der Waals surface area contributed by atoms with E-state index in [0.29, 0.717) is 5.92 Å². The van der Waals surface area contributed by atoms with Crippen LogP contribution >= 0.6 is 0 Å². The van der Waals surface area contributed by atoms with E-state index in [2.05, 4.69) is 77.3 Å². The van der Waals surface area contributed by atoms with E-state index in [1.165, 1.54) is 28.6 Å². The maximum atomic E-state index is 2.51. The van der Waals surface area contributed by atoms with Gasteiger partial charge in [0.05, 0.1) is 0 Å². The lowest BCUT2D eigenvalue weighted by atomic mass is 9.98. The molecular weight excluding hydrogens is 256 g/mol. The molecular formula is C19H20N2. The molecule has 3 aromatic rings. The van der Waals surface area contributed by atoms with Gasteiger partial charge in [0.25, 0.3) is 0 Å². The van der Waals surface area contributed by atoms with Crippen LogP contribution in [0.3, 0.4) is 0 Å². The van der Waals surface area contributed by atoms with Crippen molar-refractivity contribution in [2.75, 3.05) is 18.0 Å². The van der Waals surface area contributed by atoms with Gasteiger partial charge >= 0.3 is 0 Å². The lowest BCUT2D eigenvalue weighted by Crippen LogP contribution is -2.18. The molecule has 4 rings (SSSR count). The lowest BCUT2D eigenvalue weighted by molar-refractivity contribution is 0.775. The first-order chi connectivity index (χ1) is 10.3. The van der Waals surface area contributed by atoms with Crippen molar-refractivity contribution in [1.82, 2.24) is 4.57 Å². The largest absolute Gasteiger partial charge is 0.371 e. The fourth-order valence-corrected chi connectivity index (χ4v) is 3.59. The minimum atomic E-state index is 0.635. The van der Waals surface area contributed by atoms with Crippen LogP contribution in [0.5, 0.6) is 0 Å². The standard InChI is InChI=1S/C19H20N2/c1-20-14-18(17-9-5-6-10-19(17)20)15-11-12-21(13-15)16-7-3-2-4-8-16/h2-10,14-15H,11-13H2,1H3. The molecule has 2 aromatic carbocycles. The molecule has 2 heteroatoms. The summed E-state index contributed by atoms with van der Waals surface area (Å²) < 4.78 is 2.26. The molecule has 1 fully saturated rings. The molecule has 1 aliphatic rings. The monoisotopic (exact) mass is 276 g/mol. The molecule has 0 radical (unpaired) electrons. The second-order valence-electron chi connectivity index (χ2n) is 5.98. The average Bonchev–Trinajstić information content (AvgIpc) is 3.14. The molecule has 106 valence electrons. The molecule has 0 aliphatic carbocycles. The van der Waals surface area contributed by atoms with Crippen molar-refractivity contribution in [3.63, 3.8) is 0 Å². The van der Waals surface area contributed by atoms with Gasteiger partial charge in [-0.1, -0.05) is 36.4 Å². The van der Waals surface area contributed by atoms with Crippen LogP contribution in [-0.2, 0) is 7.05 Å². The Morgan fingerprint density at radius 3 is 2.57 bits per heavy atom. The Morgan fingerprint density at radius 2 is 1.71 bits per heavy atom. The number of aromatic nitrogens is 1. The fourth-order valence-electron chi connectivity index (χ4n) is 3.59. The van der Waals surface area contributed by atoms with Crippen LogP contribution < -0.4 is 4.90 Å². The fraction of sp³-hybridized carbons (Fsp3) is 0.263. The van der Waals surface area contributed by atoms with Crippen LogP contribution in [0.4, 0.5) is 5.69 Å². The van der Waals surface area contributed by atoms with Gasteiger partial charge in [0.15, 0.2) is 0 Å². The maximum Gasteiger partial charge on any atom is 0.0480 e. The van der Waals surface area contributed by atoms with E-state index in [9.17, 15) is 0 Å². The van der Waals surface area contributed by atoms with Crippen molar-refractivity contribution < 1.29 is 0 Å². The maximum absolute atomic E-state index is 2.51. The van der Waals surface area contributed by atoms with Crippen LogP contribution in [-0.4, -0.2) is 17.7 Å². The SMILES string of the molecule is Cn1cc(C2CCN(c3ccccc3)C2)c2ccccc21. The summed E-state index contributed by atoms with van der Waals surface area (Å²) in [7, 11) is 2.15. The first kappa shape index (κ1) is 12.5. The topological polar surface area (TPSA) is 8.17 Å². The second-order valence-corrected chi connectivity index (χ2v) is 5.98. The summed E-state index contributed by atoms with van der Waals surface area (Å²) in [6, 6.07) is 19.5. The molecule has 0 saturated carbocycles. The van der Waals surface area contributed by atoms with Crippen LogP contribution in [0, 0.1) is 0 Å². The van der Waals surface area contributed by atoms with Crippen molar-refractivity contribution in [2.45, 2.75) is 12.3 Å². The molecule has 0 bridgehead atoms. The van der Waals surface area contributed by atoms with Gasteiger partial charge in [0.2, 0.25) is 0 Å². The van der Waals surface area contributed by atoms with Gasteiger partial charge in [-0.15, -0.1) is 0 Å². The number of hydrogen-bond acceptors (Lipinski definition) is 1. The van der Waals surface area contributed by atoms with E-state index in [-0.39, 0.29) is 0 Å². The highest BCUT2D eigenvalue weighted by atomic mass is 15.1. The smallest absolute Gasteiger partial charge is 0.0480 e. The Hall–Kier alpha value is -2.22. The Kier molecular flexibility index (Phi) is 2.95. The third-order valence-corrected chi connectivity index (χ3v) is 4.68. The average molecular weight is 276 g/mol. The quantitative estimate of drug-likeness (QED) is 0.682. The Morgan fingerprint density at radius 1 is 0.952 bits per heavy atom. The van der Waals surface area contributed by atoms with Crippen molar-refractivity contribution in [3.8, 4) is 0 Å². The zero-order valence-corrected chi connectivity index (χ0v) is 12.4. The van der Waals surface area contributed by atoms with Crippen molar-refractivity contribution >= 4 is 16.6 Å². The predicted octanol–water partition coefficient (Wildman–Crippen LogP) is 4.17. The molecule has 21 heavy (non-hydrogen) atoms. The van der Waals surface area contributed by atoms with E-state index in [1.54, 1.807) is 0 Å². The Bertz CT molecular complexity index is 758. The molecule has 0 amide bonds. The Balaban J connectivity index is 1.66. The second kappa shape index (κ2) is 4.96. The van der Waals surface area contributed by atoms with Crippen molar-refractivity contribution in [1.29, 1.82) is 0 Å². The van der Waals surface area contributed by atoms with Gasteiger partial charge in [-0.3, -0.25) is 0 Å². The van der Waals surface area contributed by atoms with Gasteiger partial charge in [0.1, 0.15) is 0 Å². The van der Waals surface area contributed by atoms with Gasteiger partial charge in [-0.25, -0.2) is 0 Å². The zero-order valence-electron chi connectivity index (χ0n) is 12.4. The van der Waals surface area contributed by atoms with E-state index < -0.39 is 0 Å². The summed E-state index contributed by atoms with van der Waals surface area (Å²) in [6.45, 7) is 2.27. The predicted molar refractivity (Wildman–Crippen MR) is 88.9 cm³/mol. The van der Waals surface area contributed by atoms with Crippen molar-refractivity contribution in [3.05, 3.63) is 66.4 Å². The summed E-state index contributed by atoms with van der Waals surface area (Å²) in [4.78, 5) is 2.51. The van der Waals surface area contributed by atoms with E-state index in [0.717, 1.165) is 13.1 Å². The zero-order chi connectivity index (χ0) is 14.2. The molecule has 2 nitrogen and oxygen atoms in total. The van der Waals surface area contributed by atoms with Gasteiger partial charge in [-0.05, 0) is 30.2 Å². The van der Waals surface area contributed by atoms with E-state index in [4.69, 9.17) is 0 Å². The first-order valence-corrected chi connectivity index (χ1v) is 7.67. The Labute approximate surface area is 125 Å². The number of fused-ring (bicyclic) bond motifs is 1. The summed E-state index contributed by atoms with van der Waals surface area (Å²) in [5.41, 5.74) is 4.19. The first-order valence-electron chi connectivity index (χ1n) is 7.67. The van der Waals surface area contributed by atoms with Crippen LogP contribution in [0.15, 0.2) is 60.8 Å².